The number of carbonyl (C=O) groups excluding carboxylic acids is 1. The Hall–Kier alpha value is -3.64. The number of aliphatic hydroxyl groups is 1. The van der Waals surface area contributed by atoms with Gasteiger partial charge in [0.05, 0.1) is 17.6 Å². The van der Waals surface area contributed by atoms with E-state index in [-0.39, 0.29) is 18.4 Å². The highest BCUT2D eigenvalue weighted by Crippen LogP contribution is 2.33. The van der Waals surface area contributed by atoms with E-state index in [0.717, 1.165) is 40.3 Å². The Balaban J connectivity index is 1.36. The van der Waals surface area contributed by atoms with Crippen LogP contribution in [0.5, 0.6) is 5.75 Å². The average Bonchev–Trinajstić information content (AvgIpc) is 3.44. The fourth-order valence-corrected chi connectivity index (χ4v) is 4.73. The van der Waals surface area contributed by atoms with Crippen LogP contribution in [0.4, 0.5) is 5.69 Å². The summed E-state index contributed by atoms with van der Waals surface area (Å²) in [6.07, 6.45) is 0.647. The third kappa shape index (κ3) is 4.93. The summed E-state index contributed by atoms with van der Waals surface area (Å²) in [5.41, 5.74) is 5.15. The van der Waals surface area contributed by atoms with Crippen LogP contribution in [0.15, 0.2) is 72.8 Å². The van der Waals surface area contributed by atoms with Crippen molar-refractivity contribution in [1.82, 2.24) is 9.55 Å². The zero-order chi connectivity index (χ0) is 24.4. The van der Waals surface area contributed by atoms with Crippen molar-refractivity contribution in [3.63, 3.8) is 0 Å². The molecule has 180 valence electrons. The molecule has 0 unspecified atom stereocenters. The van der Waals surface area contributed by atoms with Gasteiger partial charge in [-0.3, -0.25) is 4.79 Å². The minimum Gasteiger partial charge on any atom is -0.491 e. The van der Waals surface area contributed by atoms with E-state index in [2.05, 4.69) is 23.6 Å². The van der Waals surface area contributed by atoms with Gasteiger partial charge in [-0.05, 0) is 55.3 Å². The van der Waals surface area contributed by atoms with E-state index in [1.807, 2.05) is 72.5 Å². The summed E-state index contributed by atoms with van der Waals surface area (Å²) in [4.78, 5) is 19.7. The van der Waals surface area contributed by atoms with E-state index in [9.17, 15) is 9.90 Å². The number of carbonyl (C=O) groups is 1. The molecule has 1 N–H and O–H groups in total. The lowest BCUT2D eigenvalue weighted by Gasteiger charge is -2.19. The number of hydrogen-bond donors (Lipinski definition) is 1. The summed E-state index contributed by atoms with van der Waals surface area (Å²) >= 11 is 0. The number of aryl methyl sites for hydroxylation is 2. The Bertz CT molecular complexity index is 1310. The van der Waals surface area contributed by atoms with Crippen LogP contribution in [0.1, 0.15) is 36.2 Å². The van der Waals surface area contributed by atoms with Crippen LogP contribution in [0.25, 0.3) is 11.0 Å². The lowest BCUT2D eigenvalue weighted by Crippen LogP contribution is -2.26. The molecule has 0 bridgehead atoms. The molecule has 1 saturated heterocycles. The maximum atomic E-state index is 13.0. The SMILES string of the molecule is CCc1ccc(N2C[C@@H](c3nc4ccccc4n3C[C@H](O)COc3ccc(C)cc3)CC2=O)cc1. The minimum absolute atomic E-state index is 0.0500. The van der Waals surface area contributed by atoms with Crippen LogP contribution in [0, 0.1) is 6.92 Å². The predicted octanol–water partition coefficient (Wildman–Crippen LogP) is 4.87. The van der Waals surface area contributed by atoms with Crippen molar-refractivity contribution in [3.05, 3.63) is 89.7 Å². The molecule has 1 aliphatic heterocycles. The first kappa shape index (κ1) is 23.1. The third-order valence-corrected chi connectivity index (χ3v) is 6.69. The van der Waals surface area contributed by atoms with E-state index in [4.69, 9.17) is 9.72 Å². The summed E-state index contributed by atoms with van der Waals surface area (Å²) in [7, 11) is 0. The van der Waals surface area contributed by atoms with Crippen LogP contribution in [-0.4, -0.2) is 39.8 Å². The molecule has 1 amide bonds. The highest BCUT2D eigenvalue weighted by atomic mass is 16.5. The van der Waals surface area contributed by atoms with Gasteiger partial charge in [0.2, 0.25) is 5.91 Å². The number of benzene rings is 3. The number of imidazole rings is 1. The largest absolute Gasteiger partial charge is 0.491 e. The van der Waals surface area contributed by atoms with Crippen molar-refractivity contribution in [1.29, 1.82) is 0 Å². The summed E-state index contributed by atoms with van der Waals surface area (Å²) in [5.74, 6) is 1.62. The summed E-state index contributed by atoms with van der Waals surface area (Å²) in [5, 5.41) is 10.8. The van der Waals surface area contributed by atoms with Crippen molar-refractivity contribution in [3.8, 4) is 5.75 Å². The minimum atomic E-state index is -0.720. The van der Waals surface area contributed by atoms with Crippen LogP contribution < -0.4 is 9.64 Å². The number of fused-ring (bicyclic) bond motifs is 1. The smallest absolute Gasteiger partial charge is 0.227 e. The number of hydrogen-bond acceptors (Lipinski definition) is 4. The molecule has 2 atom stereocenters. The van der Waals surface area contributed by atoms with Crippen molar-refractivity contribution in [2.75, 3.05) is 18.1 Å². The van der Waals surface area contributed by atoms with Gasteiger partial charge < -0.3 is 19.3 Å². The topological polar surface area (TPSA) is 67.6 Å². The number of amides is 1. The van der Waals surface area contributed by atoms with Gasteiger partial charge in [0.1, 0.15) is 24.3 Å². The van der Waals surface area contributed by atoms with Gasteiger partial charge >= 0.3 is 0 Å². The second-order valence-corrected chi connectivity index (χ2v) is 9.27. The number of aliphatic hydroxyl groups excluding tert-OH is 1. The Morgan fingerprint density at radius 1 is 1.06 bits per heavy atom. The van der Waals surface area contributed by atoms with Crippen LogP contribution in [-0.2, 0) is 17.8 Å². The Morgan fingerprint density at radius 3 is 2.54 bits per heavy atom. The molecule has 1 aliphatic rings. The molecule has 3 aromatic carbocycles. The fraction of sp³-hybridized carbons (Fsp3) is 0.310. The van der Waals surface area contributed by atoms with Crippen LogP contribution in [0.3, 0.4) is 0 Å². The standard InChI is InChI=1S/C29H31N3O3/c1-3-21-10-12-23(13-11-21)31-17-22(16-28(31)34)29-30-26-6-4-5-7-27(26)32(29)18-24(33)19-35-25-14-8-20(2)9-15-25/h4-15,22,24,33H,3,16-19H2,1-2H3/t22-,24-/m0/s1. The lowest BCUT2D eigenvalue weighted by molar-refractivity contribution is -0.117. The highest BCUT2D eigenvalue weighted by Gasteiger charge is 2.35. The summed E-state index contributed by atoms with van der Waals surface area (Å²) < 4.78 is 7.87. The van der Waals surface area contributed by atoms with Crippen molar-refractivity contribution >= 4 is 22.6 Å². The second-order valence-electron chi connectivity index (χ2n) is 9.27. The molecule has 4 aromatic rings. The second kappa shape index (κ2) is 9.92. The van der Waals surface area contributed by atoms with Gasteiger partial charge in [-0.25, -0.2) is 4.98 Å². The first-order chi connectivity index (χ1) is 17.0. The fourth-order valence-electron chi connectivity index (χ4n) is 4.73. The summed E-state index contributed by atoms with van der Waals surface area (Å²) in [6.45, 7) is 5.24. The van der Waals surface area contributed by atoms with Gasteiger partial charge in [0.25, 0.3) is 0 Å². The van der Waals surface area contributed by atoms with Crippen LogP contribution in [0.2, 0.25) is 0 Å². The number of nitrogens with zero attached hydrogens (tertiary/aromatic N) is 3. The first-order valence-corrected chi connectivity index (χ1v) is 12.2. The molecule has 6 heteroatoms. The lowest BCUT2D eigenvalue weighted by atomic mass is 10.1. The normalized spacial score (nSPS) is 16.7. The predicted molar refractivity (Wildman–Crippen MR) is 138 cm³/mol. The molecule has 0 aliphatic carbocycles. The van der Waals surface area contributed by atoms with Crippen molar-refractivity contribution < 1.29 is 14.6 Å². The molecule has 2 heterocycles. The molecule has 5 rings (SSSR count). The highest BCUT2D eigenvalue weighted by molar-refractivity contribution is 5.96. The molecule has 1 aromatic heterocycles. The number of anilines is 1. The molecule has 6 nitrogen and oxygen atoms in total. The maximum absolute atomic E-state index is 13.0. The maximum Gasteiger partial charge on any atom is 0.227 e. The Kier molecular flexibility index (Phi) is 6.55. The third-order valence-electron chi connectivity index (χ3n) is 6.69. The zero-order valence-electron chi connectivity index (χ0n) is 20.2. The molecule has 0 spiro atoms. The monoisotopic (exact) mass is 469 g/mol. The number of aromatic nitrogens is 2. The quantitative estimate of drug-likeness (QED) is 0.400. The van der Waals surface area contributed by atoms with Gasteiger partial charge in [0.15, 0.2) is 0 Å². The van der Waals surface area contributed by atoms with Gasteiger partial charge in [-0.1, -0.05) is 48.9 Å². The van der Waals surface area contributed by atoms with Crippen molar-refractivity contribution in [2.24, 2.45) is 0 Å². The van der Waals surface area contributed by atoms with E-state index < -0.39 is 6.10 Å². The first-order valence-electron chi connectivity index (χ1n) is 12.2. The van der Waals surface area contributed by atoms with E-state index >= 15 is 0 Å². The molecule has 35 heavy (non-hydrogen) atoms. The van der Waals surface area contributed by atoms with E-state index in [1.54, 1.807) is 0 Å². The average molecular weight is 470 g/mol. The molecule has 1 fully saturated rings. The molecular weight excluding hydrogens is 438 g/mol. The van der Waals surface area contributed by atoms with E-state index in [0.29, 0.717) is 19.5 Å². The zero-order valence-corrected chi connectivity index (χ0v) is 20.2. The van der Waals surface area contributed by atoms with Gasteiger partial charge in [-0.2, -0.15) is 0 Å². The van der Waals surface area contributed by atoms with E-state index in [1.165, 1.54) is 5.56 Å². The Labute approximate surface area is 205 Å². The molecule has 0 saturated carbocycles. The number of para-hydroxylation sites is 2. The van der Waals surface area contributed by atoms with Gasteiger partial charge in [0, 0.05) is 24.6 Å². The Morgan fingerprint density at radius 2 is 1.80 bits per heavy atom. The summed E-state index contributed by atoms with van der Waals surface area (Å²) in [6, 6.07) is 23.9. The van der Waals surface area contributed by atoms with Crippen LogP contribution >= 0.6 is 0 Å². The van der Waals surface area contributed by atoms with Crippen molar-refractivity contribution in [2.45, 2.75) is 45.3 Å². The molecule has 0 radical (unpaired) electrons. The molecular formula is C29H31N3O3. The van der Waals surface area contributed by atoms with Gasteiger partial charge in [-0.15, -0.1) is 0 Å². The number of rotatable bonds is 8. The number of ether oxygens (including phenoxy) is 1.